The van der Waals surface area contributed by atoms with Gasteiger partial charge in [-0.25, -0.2) is 13.8 Å². The summed E-state index contributed by atoms with van der Waals surface area (Å²) < 4.78 is 43.5. The number of hydrogen-bond donors (Lipinski definition) is 2. The van der Waals surface area contributed by atoms with Crippen LogP contribution in [-0.4, -0.2) is 25.0 Å². The summed E-state index contributed by atoms with van der Waals surface area (Å²) in [5, 5.41) is 24.7. The van der Waals surface area contributed by atoms with Gasteiger partial charge in [0.2, 0.25) is 5.95 Å². The van der Waals surface area contributed by atoms with Gasteiger partial charge in [-0.15, -0.1) is 5.10 Å². The van der Waals surface area contributed by atoms with Gasteiger partial charge in [-0.3, -0.25) is 9.67 Å². The molecule has 0 bridgehead atoms. The normalized spacial score (nSPS) is 11.8. The van der Waals surface area contributed by atoms with E-state index in [2.05, 4.69) is 30.9 Å². The number of nitriles is 1. The fraction of sp³-hybridized carbons (Fsp3) is 0.0800. The van der Waals surface area contributed by atoms with Crippen LogP contribution in [0.3, 0.4) is 0 Å². The summed E-state index contributed by atoms with van der Waals surface area (Å²) in [6, 6.07) is 11.6. The molecule has 5 aromatic rings. The molecule has 0 aliphatic rings. The van der Waals surface area contributed by atoms with Gasteiger partial charge in [0, 0.05) is 35.3 Å². The zero-order valence-electron chi connectivity index (χ0n) is 19.0. The predicted molar refractivity (Wildman–Crippen MR) is 132 cm³/mol. The molecule has 8 nitrogen and oxygen atoms in total. The van der Waals surface area contributed by atoms with E-state index in [0.29, 0.717) is 27.8 Å². The Bertz CT molecular complexity index is 1680. The minimum atomic E-state index is -1.25. The topological polar surface area (TPSA) is 104 Å². The molecule has 2 aromatic carbocycles. The predicted octanol–water partition coefficient (Wildman–Crippen LogP) is 5.65. The van der Waals surface area contributed by atoms with E-state index >= 15 is 0 Å². The Morgan fingerprint density at radius 3 is 2.57 bits per heavy atom. The lowest BCUT2D eigenvalue weighted by molar-refractivity contribution is 0.480. The Hall–Kier alpha value is -4.69. The van der Waals surface area contributed by atoms with Gasteiger partial charge in [0.1, 0.15) is 23.6 Å². The van der Waals surface area contributed by atoms with E-state index in [1.54, 1.807) is 43.6 Å². The summed E-state index contributed by atoms with van der Waals surface area (Å²) in [5.74, 6) is -2.85. The van der Waals surface area contributed by atoms with E-state index in [0.717, 1.165) is 12.3 Å². The molecule has 184 valence electrons. The number of aryl methyl sites for hydroxylation is 1. The molecule has 0 fully saturated rings. The van der Waals surface area contributed by atoms with Gasteiger partial charge in [0.25, 0.3) is 0 Å². The van der Waals surface area contributed by atoms with Gasteiger partial charge in [-0.2, -0.15) is 9.65 Å². The van der Waals surface area contributed by atoms with Crippen molar-refractivity contribution in [2.75, 3.05) is 10.6 Å². The Labute approximate surface area is 213 Å². The first-order valence-corrected chi connectivity index (χ1v) is 11.2. The van der Waals surface area contributed by atoms with Crippen LogP contribution in [0.25, 0.3) is 10.9 Å². The molecule has 0 amide bonds. The second kappa shape index (κ2) is 9.75. The Morgan fingerprint density at radius 2 is 1.86 bits per heavy atom. The monoisotopic (exact) mass is 520 g/mol. The van der Waals surface area contributed by atoms with Crippen LogP contribution >= 0.6 is 11.6 Å². The van der Waals surface area contributed by atoms with Crippen molar-refractivity contribution in [3.8, 4) is 6.07 Å². The number of rotatable bonds is 6. The number of anilines is 3. The number of aromatic nitrogens is 5. The van der Waals surface area contributed by atoms with Gasteiger partial charge in [0.05, 0.1) is 40.5 Å². The molecule has 3 aromatic heterocycles. The Balaban J connectivity index is 1.65. The molecule has 37 heavy (non-hydrogen) atoms. The smallest absolute Gasteiger partial charge is 0.249 e. The second-order valence-electron chi connectivity index (χ2n) is 8.05. The van der Waals surface area contributed by atoms with Crippen molar-refractivity contribution < 1.29 is 13.2 Å². The number of benzene rings is 2. The summed E-state index contributed by atoms with van der Waals surface area (Å²) in [6.07, 6.45) is 4.08. The third-order valence-corrected chi connectivity index (χ3v) is 5.77. The maximum absolute atomic E-state index is 14.8. The van der Waals surface area contributed by atoms with Crippen molar-refractivity contribution in [3.63, 3.8) is 0 Å². The molecule has 0 saturated heterocycles. The summed E-state index contributed by atoms with van der Waals surface area (Å²) >= 11 is 6.44. The Kier molecular flexibility index (Phi) is 6.33. The Morgan fingerprint density at radius 1 is 1.05 bits per heavy atom. The first-order chi connectivity index (χ1) is 17.8. The first-order valence-electron chi connectivity index (χ1n) is 10.8. The number of nitrogens with zero attached hydrogens (tertiary/aromatic N) is 6. The van der Waals surface area contributed by atoms with Crippen LogP contribution in [-0.2, 0) is 7.05 Å². The summed E-state index contributed by atoms with van der Waals surface area (Å²) in [4.78, 5) is 7.80. The average molecular weight is 521 g/mol. The number of nitrogens with one attached hydrogen (secondary N) is 2. The second-order valence-corrected chi connectivity index (χ2v) is 8.48. The zero-order chi connectivity index (χ0) is 26.1. The molecule has 12 heteroatoms. The molecule has 3 heterocycles. The highest BCUT2D eigenvalue weighted by atomic mass is 35.5. The highest BCUT2D eigenvalue weighted by Gasteiger charge is 2.23. The minimum absolute atomic E-state index is 0.112. The van der Waals surface area contributed by atoms with Gasteiger partial charge in [-0.05, 0) is 18.2 Å². The number of hydrogen-bond acceptors (Lipinski definition) is 7. The van der Waals surface area contributed by atoms with E-state index in [4.69, 9.17) is 11.6 Å². The fourth-order valence-corrected chi connectivity index (χ4v) is 4.12. The fourth-order valence-electron chi connectivity index (χ4n) is 3.90. The van der Waals surface area contributed by atoms with Crippen LogP contribution < -0.4 is 10.6 Å². The molecule has 0 aliphatic carbocycles. The van der Waals surface area contributed by atoms with Crippen molar-refractivity contribution in [1.29, 1.82) is 5.26 Å². The molecule has 0 spiro atoms. The molecule has 0 radical (unpaired) electrons. The number of halogens is 4. The van der Waals surface area contributed by atoms with Crippen molar-refractivity contribution in [1.82, 2.24) is 25.0 Å². The molecular formula is C25H16ClF3N8. The maximum Gasteiger partial charge on any atom is 0.249 e. The lowest BCUT2D eigenvalue weighted by atomic mass is 10.0. The van der Waals surface area contributed by atoms with E-state index in [1.165, 1.54) is 16.9 Å². The lowest BCUT2D eigenvalue weighted by Gasteiger charge is -2.21. The quantitative estimate of drug-likeness (QED) is 0.279. The maximum atomic E-state index is 14.8. The zero-order valence-corrected chi connectivity index (χ0v) is 19.8. The number of pyridine rings is 2. The molecular weight excluding hydrogens is 505 g/mol. The van der Waals surface area contributed by atoms with E-state index in [1.807, 2.05) is 6.07 Å². The third-order valence-electron chi connectivity index (χ3n) is 5.55. The van der Waals surface area contributed by atoms with Gasteiger partial charge in [-0.1, -0.05) is 35.0 Å². The molecule has 5 rings (SSSR count). The first kappa shape index (κ1) is 24.0. The minimum Gasteiger partial charge on any atom is -0.371 e. The molecule has 0 unspecified atom stereocenters. The summed E-state index contributed by atoms with van der Waals surface area (Å²) in [6.45, 7) is 0. The summed E-state index contributed by atoms with van der Waals surface area (Å²) in [7, 11) is 1.69. The van der Waals surface area contributed by atoms with Gasteiger partial charge in [0.15, 0.2) is 5.82 Å². The lowest BCUT2D eigenvalue weighted by Crippen LogP contribution is -2.15. The summed E-state index contributed by atoms with van der Waals surface area (Å²) in [5.41, 5.74) is 2.06. The van der Waals surface area contributed by atoms with Crippen molar-refractivity contribution in [2.24, 2.45) is 7.05 Å². The van der Waals surface area contributed by atoms with E-state index < -0.39 is 23.6 Å². The average Bonchev–Trinajstić information content (AvgIpc) is 3.31. The van der Waals surface area contributed by atoms with Crippen LogP contribution in [0, 0.1) is 28.9 Å². The molecule has 2 N–H and O–H groups in total. The van der Waals surface area contributed by atoms with Crippen molar-refractivity contribution in [2.45, 2.75) is 6.04 Å². The molecule has 1 atom stereocenters. The van der Waals surface area contributed by atoms with Crippen molar-refractivity contribution >= 4 is 39.6 Å². The highest BCUT2D eigenvalue weighted by molar-refractivity contribution is 6.32. The van der Waals surface area contributed by atoms with Crippen molar-refractivity contribution in [3.05, 3.63) is 100 Å². The van der Waals surface area contributed by atoms with Crippen LogP contribution in [0.5, 0.6) is 0 Å². The van der Waals surface area contributed by atoms with Crippen LogP contribution in [0.1, 0.15) is 22.9 Å². The van der Waals surface area contributed by atoms with Crippen LogP contribution in [0.4, 0.5) is 30.2 Å². The highest BCUT2D eigenvalue weighted by Crippen LogP contribution is 2.37. The number of fused-ring (bicyclic) bond motifs is 1. The van der Waals surface area contributed by atoms with Gasteiger partial charge < -0.3 is 10.6 Å². The van der Waals surface area contributed by atoms with Crippen LogP contribution in [0.15, 0.2) is 61.1 Å². The standard InChI is InChI=1S/C25H16ClF3N8/c1-37-12-21(35-36-37)24(16-4-2-3-5-18(16)27)34-20-7-14(26)6-17-22(13(9-30)10-31-23(17)20)33-15-8-19(28)25(29)32-11-15/h2-8,10-12,24,34H,1H3,(H,31,33)/t24-/m0/s1. The molecule has 0 saturated carbocycles. The largest absolute Gasteiger partial charge is 0.371 e. The third kappa shape index (κ3) is 4.74. The van der Waals surface area contributed by atoms with E-state index in [9.17, 15) is 18.4 Å². The SMILES string of the molecule is Cn1cc([C@@H](Nc2cc(Cl)cc3c(Nc4cnc(F)c(F)c4)c(C#N)cnc23)c2ccccc2F)nn1. The van der Waals surface area contributed by atoms with Gasteiger partial charge >= 0.3 is 0 Å². The molecule has 0 aliphatic heterocycles. The van der Waals surface area contributed by atoms with E-state index in [-0.39, 0.29) is 22.0 Å². The van der Waals surface area contributed by atoms with Crippen LogP contribution in [0.2, 0.25) is 5.02 Å².